The summed E-state index contributed by atoms with van der Waals surface area (Å²) in [5, 5.41) is 0.0569. The zero-order valence-electron chi connectivity index (χ0n) is 11.2. The molecule has 0 saturated heterocycles. The maximum atomic E-state index is 13.3. The molecule has 0 radical (unpaired) electrons. The van der Waals surface area contributed by atoms with Gasteiger partial charge in [-0.1, -0.05) is 17.7 Å². The van der Waals surface area contributed by atoms with Crippen LogP contribution in [0.25, 0.3) is 0 Å². The Morgan fingerprint density at radius 2 is 2.00 bits per heavy atom. The largest absolute Gasteiger partial charge is 0.496 e. The predicted octanol–water partition coefficient (Wildman–Crippen LogP) is 4.22. The van der Waals surface area contributed by atoms with Crippen molar-refractivity contribution in [2.24, 2.45) is 0 Å². The van der Waals surface area contributed by atoms with Crippen LogP contribution in [0.1, 0.15) is 21.5 Å². The van der Waals surface area contributed by atoms with Crippen molar-refractivity contribution in [2.45, 2.75) is 13.3 Å². The van der Waals surface area contributed by atoms with Crippen LogP contribution in [0.2, 0.25) is 5.02 Å². The van der Waals surface area contributed by atoms with Crippen LogP contribution in [-0.2, 0) is 6.42 Å². The van der Waals surface area contributed by atoms with E-state index in [0.717, 1.165) is 11.3 Å². The van der Waals surface area contributed by atoms with E-state index in [9.17, 15) is 9.18 Å². The Balaban J connectivity index is 2.19. The summed E-state index contributed by atoms with van der Waals surface area (Å²) in [5.74, 6) is 0.152. The van der Waals surface area contributed by atoms with E-state index in [-0.39, 0.29) is 17.2 Å². The topological polar surface area (TPSA) is 26.3 Å². The van der Waals surface area contributed by atoms with E-state index in [4.69, 9.17) is 16.3 Å². The van der Waals surface area contributed by atoms with Gasteiger partial charge in [-0.05, 0) is 48.4 Å². The summed E-state index contributed by atoms with van der Waals surface area (Å²) < 4.78 is 18.5. The Kier molecular flexibility index (Phi) is 4.40. The quantitative estimate of drug-likeness (QED) is 0.789. The summed E-state index contributed by atoms with van der Waals surface area (Å²) in [5.41, 5.74) is 2.07. The molecule has 4 heteroatoms. The number of methoxy groups -OCH3 is 1. The number of halogens is 2. The minimum Gasteiger partial charge on any atom is -0.496 e. The van der Waals surface area contributed by atoms with Crippen LogP contribution in [0.4, 0.5) is 4.39 Å². The number of carbonyl (C=O) groups is 1. The van der Waals surface area contributed by atoms with Crippen molar-refractivity contribution in [3.63, 3.8) is 0 Å². The fraction of sp³-hybridized carbons (Fsp3) is 0.188. The molecule has 0 amide bonds. The SMILES string of the molecule is COc1ccc(C(=O)Cc2ccc(Cl)c(F)c2)cc1C. The molecule has 0 spiro atoms. The second-order valence-electron chi connectivity index (χ2n) is 4.53. The average Bonchev–Trinajstić information content (AvgIpc) is 2.42. The zero-order chi connectivity index (χ0) is 14.7. The first-order chi connectivity index (χ1) is 9.51. The number of rotatable bonds is 4. The van der Waals surface area contributed by atoms with Gasteiger partial charge in [-0.25, -0.2) is 4.39 Å². The highest BCUT2D eigenvalue weighted by atomic mass is 35.5. The molecule has 0 aliphatic heterocycles. The molecule has 2 aromatic rings. The minimum absolute atomic E-state index is 0.0569. The molecule has 0 aliphatic carbocycles. The number of hydrogen-bond donors (Lipinski definition) is 0. The molecule has 0 atom stereocenters. The van der Waals surface area contributed by atoms with E-state index in [1.165, 1.54) is 12.1 Å². The summed E-state index contributed by atoms with van der Waals surface area (Å²) in [6.07, 6.45) is 0.139. The first kappa shape index (κ1) is 14.5. The van der Waals surface area contributed by atoms with E-state index in [1.54, 1.807) is 31.4 Å². The van der Waals surface area contributed by atoms with Gasteiger partial charge in [0.15, 0.2) is 5.78 Å². The van der Waals surface area contributed by atoms with Crippen LogP contribution in [-0.4, -0.2) is 12.9 Å². The van der Waals surface area contributed by atoms with Crippen LogP contribution < -0.4 is 4.74 Å². The molecule has 0 aliphatic rings. The molecule has 0 fully saturated rings. The van der Waals surface area contributed by atoms with E-state index in [2.05, 4.69) is 0 Å². The highest BCUT2D eigenvalue weighted by Crippen LogP contribution is 2.21. The molecule has 20 heavy (non-hydrogen) atoms. The van der Waals surface area contributed by atoms with Crippen LogP contribution in [0, 0.1) is 12.7 Å². The third kappa shape index (κ3) is 3.17. The lowest BCUT2D eigenvalue weighted by atomic mass is 10.0. The second kappa shape index (κ2) is 6.06. The van der Waals surface area contributed by atoms with Gasteiger partial charge in [0.2, 0.25) is 0 Å². The molecule has 2 aromatic carbocycles. The van der Waals surface area contributed by atoms with Gasteiger partial charge in [0.05, 0.1) is 12.1 Å². The van der Waals surface area contributed by atoms with E-state index in [1.807, 2.05) is 6.92 Å². The Hall–Kier alpha value is -1.87. The Labute approximate surface area is 122 Å². The fourth-order valence-corrected chi connectivity index (χ4v) is 2.11. The number of hydrogen-bond acceptors (Lipinski definition) is 2. The van der Waals surface area contributed by atoms with Gasteiger partial charge in [-0.2, -0.15) is 0 Å². The molecular weight excluding hydrogens is 279 g/mol. The highest BCUT2D eigenvalue weighted by molar-refractivity contribution is 6.30. The summed E-state index contributed by atoms with van der Waals surface area (Å²) >= 11 is 5.61. The number of aryl methyl sites for hydroxylation is 1. The number of ketones is 1. The van der Waals surface area contributed by atoms with Crippen molar-refractivity contribution in [3.05, 3.63) is 63.9 Å². The Morgan fingerprint density at radius 1 is 1.25 bits per heavy atom. The van der Waals surface area contributed by atoms with Crippen molar-refractivity contribution in [1.29, 1.82) is 0 Å². The van der Waals surface area contributed by atoms with Gasteiger partial charge in [-0.3, -0.25) is 4.79 Å². The molecule has 0 bridgehead atoms. The van der Waals surface area contributed by atoms with Crippen molar-refractivity contribution >= 4 is 17.4 Å². The van der Waals surface area contributed by atoms with Crippen LogP contribution >= 0.6 is 11.6 Å². The normalized spacial score (nSPS) is 10.4. The van der Waals surface area contributed by atoms with Crippen LogP contribution in [0.3, 0.4) is 0 Å². The molecule has 2 nitrogen and oxygen atoms in total. The third-order valence-electron chi connectivity index (χ3n) is 3.07. The van der Waals surface area contributed by atoms with Gasteiger partial charge in [0.1, 0.15) is 11.6 Å². The smallest absolute Gasteiger partial charge is 0.167 e. The number of ether oxygens (including phenoxy) is 1. The molecular formula is C16H14ClFO2. The lowest BCUT2D eigenvalue weighted by Crippen LogP contribution is -2.04. The zero-order valence-corrected chi connectivity index (χ0v) is 12.0. The molecule has 0 unspecified atom stereocenters. The molecule has 0 aromatic heterocycles. The monoisotopic (exact) mass is 292 g/mol. The van der Waals surface area contributed by atoms with Gasteiger partial charge < -0.3 is 4.74 Å². The van der Waals surface area contributed by atoms with Gasteiger partial charge in [0, 0.05) is 12.0 Å². The minimum atomic E-state index is -0.511. The summed E-state index contributed by atoms with van der Waals surface area (Å²) in [6.45, 7) is 1.87. The van der Waals surface area contributed by atoms with Gasteiger partial charge in [-0.15, -0.1) is 0 Å². The average molecular weight is 293 g/mol. The lowest BCUT2D eigenvalue weighted by molar-refractivity contribution is 0.0993. The van der Waals surface area contributed by atoms with Crippen LogP contribution in [0.5, 0.6) is 5.75 Å². The van der Waals surface area contributed by atoms with E-state index < -0.39 is 5.82 Å². The summed E-state index contributed by atoms with van der Waals surface area (Å²) in [6, 6.07) is 9.63. The predicted molar refractivity (Wildman–Crippen MR) is 77.2 cm³/mol. The lowest BCUT2D eigenvalue weighted by Gasteiger charge is -2.07. The number of benzene rings is 2. The Morgan fingerprint density at radius 3 is 2.60 bits per heavy atom. The van der Waals surface area contributed by atoms with Crippen molar-refractivity contribution in [2.75, 3.05) is 7.11 Å². The Bertz CT molecular complexity index is 653. The van der Waals surface area contributed by atoms with E-state index in [0.29, 0.717) is 11.1 Å². The van der Waals surface area contributed by atoms with Crippen molar-refractivity contribution in [1.82, 2.24) is 0 Å². The fourth-order valence-electron chi connectivity index (χ4n) is 1.99. The maximum Gasteiger partial charge on any atom is 0.167 e. The molecule has 104 valence electrons. The molecule has 0 saturated carbocycles. The third-order valence-corrected chi connectivity index (χ3v) is 3.37. The summed E-state index contributed by atoms with van der Waals surface area (Å²) in [7, 11) is 1.58. The van der Waals surface area contributed by atoms with Gasteiger partial charge >= 0.3 is 0 Å². The second-order valence-corrected chi connectivity index (χ2v) is 4.94. The van der Waals surface area contributed by atoms with Crippen molar-refractivity contribution in [3.8, 4) is 5.75 Å². The number of carbonyl (C=O) groups excluding carboxylic acids is 1. The van der Waals surface area contributed by atoms with Crippen molar-refractivity contribution < 1.29 is 13.9 Å². The van der Waals surface area contributed by atoms with E-state index >= 15 is 0 Å². The van der Waals surface area contributed by atoms with Crippen LogP contribution in [0.15, 0.2) is 36.4 Å². The first-order valence-corrected chi connectivity index (χ1v) is 6.51. The molecule has 2 rings (SSSR count). The molecule has 0 N–H and O–H groups in total. The number of Topliss-reactive ketones (excluding diaryl/α,β-unsaturated/α-hetero) is 1. The summed E-state index contributed by atoms with van der Waals surface area (Å²) in [4.78, 5) is 12.2. The van der Waals surface area contributed by atoms with Gasteiger partial charge in [0.25, 0.3) is 0 Å². The molecule has 0 heterocycles. The highest BCUT2D eigenvalue weighted by Gasteiger charge is 2.10. The standard InChI is InChI=1S/C16H14ClFO2/c1-10-7-12(4-6-16(10)20-2)15(19)9-11-3-5-13(17)14(18)8-11/h3-8H,9H2,1-2H3. The maximum absolute atomic E-state index is 13.3. The first-order valence-electron chi connectivity index (χ1n) is 6.13.